The van der Waals surface area contributed by atoms with E-state index in [1.165, 1.54) is 0 Å². The molecule has 1 saturated carbocycles. The van der Waals surface area contributed by atoms with Gasteiger partial charge >= 0.3 is 5.97 Å². The molecular weight excluding hydrogens is 258 g/mol. The third-order valence-corrected chi connectivity index (χ3v) is 3.80. The highest BCUT2D eigenvalue weighted by molar-refractivity contribution is 5.82. The summed E-state index contributed by atoms with van der Waals surface area (Å²) >= 11 is 0. The standard InChI is InChI=1S/C14H17N3O3/c1-2-19-13(18)14(7-3-4-8-14)12-16-11(17-20-12)10-6-5-9-15-10/h5-6,9,15H,2-4,7-8H2,1H3. The first-order chi connectivity index (χ1) is 9.76. The molecule has 1 fully saturated rings. The van der Waals surface area contributed by atoms with Gasteiger partial charge in [-0.25, -0.2) is 0 Å². The Hall–Kier alpha value is -2.11. The van der Waals surface area contributed by atoms with Crippen LogP contribution in [0.4, 0.5) is 0 Å². The second-order valence-corrected chi connectivity index (χ2v) is 5.02. The quantitative estimate of drug-likeness (QED) is 0.867. The van der Waals surface area contributed by atoms with E-state index in [0.717, 1.165) is 18.5 Å². The number of carbonyl (C=O) groups excluding carboxylic acids is 1. The van der Waals surface area contributed by atoms with Crippen molar-refractivity contribution in [3.8, 4) is 11.5 Å². The van der Waals surface area contributed by atoms with Crippen molar-refractivity contribution >= 4 is 5.97 Å². The molecule has 2 heterocycles. The van der Waals surface area contributed by atoms with Gasteiger partial charge in [-0.15, -0.1) is 0 Å². The Kier molecular flexibility index (Phi) is 3.30. The normalized spacial score (nSPS) is 17.2. The molecule has 1 N–H and O–H groups in total. The molecule has 20 heavy (non-hydrogen) atoms. The van der Waals surface area contributed by atoms with E-state index in [1.54, 1.807) is 13.1 Å². The summed E-state index contributed by atoms with van der Waals surface area (Å²) in [5.74, 6) is 0.595. The smallest absolute Gasteiger partial charge is 0.321 e. The molecule has 2 aromatic rings. The van der Waals surface area contributed by atoms with Gasteiger partial charge < -0.3 is 14.2 Å². The largest absolute Gasteiger partial charge is 0.465 e. The lowest BCUT2D eigenvalue weighted by Gasteiger charge is -2.21. The van der Waals surface area contributed by atoms with Crippen molar-refractivity contribution in [3.05, 3.63) is 24.2 Å². The van der Waals surface area contributed by atoms with Crippen LogP contribution in [0, 0.1) is 0 Å². The first kappa shape index (κ1) is 12.9. The molecule has 0 amide bonds. The first-order valence-electron chi connectivity index (χ1n) is 6.91. The number of nitrogens with zero attached hydrogens (tertiary/aromatic N) is 2. The molecule has 6 nitrogen and oxygen atoms in total. The highest BCUT2D eigenvalue weighted by atomic mass is 16.5. The molecule has 0 aromatic carbocycles. The van der Waals surface area contributed by atoms with Gasteiger partial charge in [0.1, 0.15) is 5.41 Å². The SMILES string of the molecule is CCOC(=O)C1(c2nc(-c3ccc[nH]3)no2)CCCC1. The van der Waals surface area contributed by atoms with Crippen LogP contribution in [0.25, 0.3) is 11.5 Å². The van der Waals surface area contributed by atoms with E-state index in [-0.39, 0.29) is 5.97 Å². The van der Waals surface area contributed by atoms with Crippen LogP contribution >= 0.6 is 0 Å². The van der Waals surface area contributed by atoms with Crippen molar-refractivity contribution in [1.82, 2.24) is 15.1 Å². The Morgan fingerprint density at radius 3 is 2.95 bits per heavy atom. The molecule has 0 bridgehead atoms. The van der Waals surface area contributed by atoms with Crippen molar-refractivity contribution in [3.63, 3.8) is 0 Å². The Morgan fingerprint density at radius 1 is 1.50 bits per heavy atom. The van der Waals surface area contributed by atoms with Crippen LogP contribution in [0.3, 0.4) is 0 Å². The van der Waals surface area contributed by atoms with Crippen molar-refractivity contribution in [2.24, 2.45) is 0 Å². The van der Waals surface area contributed by atoms with Gasteiger partial charge in [-0.05, 0) is 31.9 Å². The van der Waals surface area contributed by atoms with Crippen molar-refractivity contribution < 1.29 is 14.1 Å². The molecular formula is C14H17N3O3. The number of aromatic nitrogens is 3. The lowest BCUT2D eigenvalue weighted by Crippen LogP contribution is -2.35. The van der Waals surface area contributed by atoms with Gasteiger partial charge in [-0.3, -0.25) is 4.79 Å². The Balaban J connectivity index is 1.94. The maximum Gasteiger partial charge on any atom is 0.321 e. The zero-order chi connectivity index (χ0) is 14.0. The number of aromatic amines is 1. The molecule has 0 spiro atoms. The number of carbonyl (C=O) groups is 1. The van der Waals surface area contributed by atoms with E-state index >= 15 is 0 Å². The zero-order valence-corrected chi connectivity index (χ0v) is 11.4. The van der Waals surface area contributed by atoms with Crippen LogP contribution in [0.1, 0.15) is 38.5 Å². The number of H-pyrrole nitrogens is 1. The lowest BCUT2D eigenvalue weighted by atomic mass is 9.86. The van der Waals surface area contributed by atoms with Gasteiger partial charge in [0.15, 0.2) is 0 Å². The number of hydrogen-bond donors (Lipinski definition) is 1. The maximum absolute atomic E-state index is 12.3. The highest BCUT2D eigenvalue weighted by Crippen LogP contribution is 2.41. The molecule has 106 valence electrons. The predicted octanol–water partition coefficient (Wildman–Crippen LogP) is 2.44. The van der Waals surface area contributed by atoms with Gasteiger partial charge in [0.2, 0.25) is 11.7 Å². The van der Waals surface area contributed by atoms with E-state index in [4.69, 9.17) is 9.26 Å². The van der Waals surface area contributed by atoms with Gasteiger partial charge in [0, 0.05) is 6.20 Å². The first-order valence-corrected chi connectivity index (χ1v) is 6.91. The average Bonchev–Trinajstić information content (AvgIpc) is 3.19. The number of rotatable bonds is 4. The number of esters is 1. The van der Waals surface area contributed by atoms with Crippen LogP contribution in [0.5, 0.6) is 0 Å². The molecule has 1 aliphatic carbocycles. The van der Waals surface area contributed by atoms with Crippen LogP contribution in [0.15, 0.2) is 22.9 Å². The fraction of sp³-hybridized carbons (Fsp3) is 0.500. The Labute approximate surface area is 116 Å². The van der Waals surface area contributed by atoms with Gasteiger partial charge in [-0.2, -0.15) is 4.98 Å². The molecule has 6 heteroatoms. The summed E-state index contributed by atoms with van der Waals surface area (Å²) in [6, 6.07) is 3.72. The Morgan fingerprint density at radius 2 is 2.30 bits per heavy atom. The molecule has 3 rings (SSSR count). The topological polar surface area (TPSA) is 81.0 Å². The maximum atomic E-state index is 12.3. The number of nitrogens with one attached hydrogen (secondary N) is 1. The molecule has 2 aromatic heterocycles. The predicted molar refractivity (Wildman–Crippen MR) is 70.9 cm³/mol. The third kappa shape index (κ3) is 2.01. The second kappa shape index (κ2) is 5.11. The average molecular weight is 275 g/mol. The second-order valence-electron chi connectivity index (χ2n) is 5.02. The van der Waals surface area contributed by atoms with E-state index < -0.39 is 5.41 Å². The van der Waals surface area contributed by atoms with Crippen molar-refractivity contribution in [2.45, 2.75) is 38.0 Å². The fourth-order valence-electron chi connectivity index (χ4n) is 2.75. The van der Waals surface area contributed by atoms with Gasteiger partial charge in [-0.1, -0.05) is 18.0 Å². The van der Waals surface area contributed by atoms with Gasteiger partial charge in [0.25, 0.3) is 0 Å². The molecule has 0 radical (unpaired) electrons. The van der Waals surface area contributed by atoms with E-state index in [2.05, 4.69) is 15.1 Å². The minimum Gasteiger partial charge on any atom is -0.465 e. The molecule has 0 saturated heterocycles. The summed E-state index contributed by atoms with van der Waals surface area (Å²) in [6.45, 7) is 2.16. The number of hydrogen-bond acceptors (Lipinski definition) is 5. The lowest BCUT2D eigenvalue weighted by molar-refractivity contribution is -0.151. The molecule has 0 unspecified atom stereocenters. The highest BCUT2D eigenvalue weighted by Gasteiger charge is 2.49. The number of ether oxygens (including phenoxy) is 1. The van der Waals surface area contributed by atoms with Crippen molar-refractivity contribution in [1.29, 1.82) is 0 Å². The van der Waals surface area contributed by atoms with E-state index in [0.29, 0.717) is 31.2 Å². The molecule has 0 aliphatic heterocycles. The van der Waals surface area contributed by atoms with Crippen LogP contribution in [0.2, 0.25) is 0 Å². The van der Waals surface area contributed by atoms with Crippen LogP contribution in [-0.2, 0) is 14.9 Å². The minimum atomic E-state index is -0.756. The third-order valence-electron chi connectivity index (χ3n) is 3.80. The Bertz CT molecular complexity index is 583. The summed E-state index contributed by atoms with van der Waals surface area (Å²) in [4.78, 5) is 19.7. The fourth-order valence-corrected chi connectivity index (χ4v) is 2.75. The monoisotopic (exact) mass is 275 g/mol. The van der Waals surface area contributed by atoms with E-state index in [1.807, 2.05) is 12.1 Å². The van der Waals surface area contributed by atoms with Crippen LogP contribution in [-0.4, -0.2) is 27.7 Å². The van der Waals surface area contributed by atoms with E-state index in [9.17, 15) is 4.79 Å². The summed E-state index contributed by atoms with van der Waals surface area (Å²) < 4.78 is 10.6. The summed E-state index contributed by atoms with van der Waals surface area (Å²) in [7, 11) is 0. The summed E-state index contributed by atoms with van der Waals surface area (Å²) in [5.41, 5.74) is 0.0189. The minimum absolute atomic E-state index is 0.251. The molecule has 1 aliphatic rings. The zero-order valence-electron chi connectivity index (χ0n) is 11.4. The summed E-state index contributed by atoms with van der Waals surface area (Å²) in [6.07, 6.45) is 5.15. The molecule has 0 atom stereocenters. The van der Waals surface area contributed by atoms with Crippen molar-refractivity contribution in [2.75, 3.05) is 6.61 Å². The van der Waals surface area contributed by atoms with Crippen LogP contribution < -0.4 is 0 Å². The van der Waals surface area contributed by atoms with Gasteiger partial charge in [0.05, 0.1) is 12.3 Å². The summed E-state index contributed by atoms with van der Waals surface area (Å²) in [5, 5.41) is 3.97.